The molecule has 0 aromatic heterocycles. The maximum Gasteiger partial charge on any atom is 0.261 e. The third-order valence-corrected chi connectivity index (χ3v) is 5.11. The van der Waals surface area contributed by atoms with Crippen molar-refractivity contribution in [2.24, 2.45) is 0 Å². The Morgan fingerprint density at radius 3 is 2.24 bits per heavy atom. The minimum Gasteiger partial charge on any atom is -0.870 e. The summed E-state index contributed by atoms with van der Waals surface area (Å²) in [6, 6.07) is 7.65. The van der Waals surface area contributed by atoms with Gasteiger partial charge >= 0.3 is 0 Å². The van der Waals surface area contributed by atoms with Gasteiger partial charge in [-0.15, -0.1) is 0 Å². The predicted octanol–water partition coefficient (Wildman–Crippen LogP) is 3.48. The molecular formula is C14H12Cl2NO3S-. The molecule has 2 rings (SSSR count). The fourth-order valence-corrected chi connectivity index (χ4v) is 3.29. The minimum absolute atomic E-state index is 0.0934. The zero-order chi connectivity index (χ0) is 15.8. The topological polar surface area (TPSA) is 69.2 Å². The second-order valence-electron chi connectivity index (χ2n) is 4.59. The van der Waals surface area contributed by atoms with Gasteiger partial charge in [0.25, 0.3) is 10.0 Å². The van der Waals surface area contributed by atoms with Crippen molar-refractivity contribution >= 4 is 38.9 Å². The molecular weight excluding hydrogens is 333 g/mol. The van der Waals surface area contributed by atoms with Crippen LogP contribution in [0, 0.1) is 13.8 Å². The molecule has 0 atom stereocenters. The maximum atomic E-state index is 12.3. The molecule has 0 aliphatic carbocycles. The van der Waals surface area contributed by atoms with E-state index in [1.54, 1.807) is 19.1 Å². The molecule has 1 N–H and O–H groups in total. The van der Waals surface area contributed by atoms with Crippen molar-refractivity contribution in [1.82, 2.24) is 0 Å². The highest BCUT2D eigenvalue weighted by Crippen LogP contribution is 2.37. The van der Waals surface area contributed by atoms with Crippen molar-refractivity contribution in [3.63, 3.8) is 0 Å². The first-order chi connectivity index (χ1) is 9.72. The number of rotatable bonds is 3. The zero-order valence-corrected chi connectivity index (χ0v) is 13.6. The summed E-state index contributed by atoms with van der Waals surface area (Å²) in [5.74, 6) is -0.519. The van der Waals surface area contributed by atoms with Crippen LogP contribution in [0.3, 0.4) is 0 Å². The lowest BCUT2D eigenvalue weighted by atomic mass is 10.2. The van der Waals surface area contributed by atoms with E-state index < -0.39 is 15.8 Å². The van der Waals surface area contributed by atoms with E-state index in [4.69, 9.17) is 23.2 Å². The number of nitrogens with one attached hydrogen (secondary N) is 1. The molecule has 21 heavy (non-hydrogen) atoms. The van der Waals surface area contributed by atoms with E-state index in [0.717, 1.165) is 5.56 Å². The normalized spacial score (nSPS) is 11.4. The molecule has 0 saturated heterocycles. The van der Waals surface area contributed by atoms with Gasteiger partial charge < -0.3 is 5.11 Å². The number of halogens is 2. The Morgan fingerprint density at radius 2 is 1.67 bits per heavy atom. The third-order valence-electron chi connectivity index (χ3n) is 3.00. The van der Waals surface area contributed by atoms with Gasteiger partial charge in [-0.3, -0.25) is 4.72 Å². The van der Waals surface area contributed by atoms with Crippen LogP contribution in [0.4, 0.5) is 5.69 Å². The van der Waals surface area contributed by atoms with Crippen molar-refractivity contribution in [3.8, 4) is 5.75 Å². The van der Waals surface area contributed by atoms with E-state index in [0.29, 0.717) is 5.56 Å². The Labute approximate surface area is 133 Å². The lowest BCUT2D eigenvalue weighted by Crippen LogP contribution is -2.14. The largest absolute Gasteiger partial charge is 0.870 e. The average Bonchev–Trinajstić information content (AvgIpc) is 2.42. The molecule has 112 valence electrons. The van der Waals surface area contributed by atoms with Crippen LogP contribution >= 0.6 is 23.2 Å². The molecule has 2 aromatic rings. The third kappa shape index (κ3) is 3.26. The molecule has 2 aromatic carbocycles. The Bertz CT molecular complexity index is 787. The molecule has 0 heterocycles. The van der Waals surface area contributed by atoms with Gasteiger partial charge in [0, 0.05) is 10.0 Å². The van der Waals surface area contributed by atoms with Gasteiger partial charge in [-0.2, -0.15) is 0 Å². The summed E-state index contributed by atoms with van der Waals surface area (Å²) < 4.78 is 27.0. The van der Waals surface area contributed by atoms with Gasteiger partial charge in [0.2, 0.25) is 0 Å². The van der Waals surface area contributed by atoms with E-state index in [1.807, 2.05) is 6.92 Å². The van der Waals surface area contributed by atoms with Crippen LogP contribution in [-0.4, -0.2) is 8.42 Å². The number of sulfonamides is 1. The summed E-state index contributed by atoms with van der Waals surface area (Å²) in [6.07, 6.45) is 0. The zero-order valence-electron chi connectivity index (χ0n) is 11.3. The van der Waals surface area contributed by atoms with Crippen molar-refractivity contribution in [1.29, 1.82) is 0 Å². The SMILES string of the molecule is Cc1ccc(S(=O)(=O)Nc2cc(Cl)c([O-])c(Cl)c2C)cc1. The minimum atomic E-state index is -3.77. The second kappa shape index (κ2) is 5.75. The molecule has 0 amide bonds. The molecule has 0 saturated carbocycles. The first-order valence-electron chi connectivity index (χ1n) is 5.97. The number of anilines is 1. The van der Waals surface area contributed by atoms with Crippen LogP contribution < -0.4 is 9.83 Å². The molecule has 0 bridgehead atoms. The average molecular weight is 345 g/mol. The van der Waals surface area contributed by atoms with Crippen molar-refractivity contribution < 1.29 is 13.5 Å². The van der Waals surface area contributed by atoms with E-state index >= 15 is 0 Å². The van der Waals surface area contributed by atoms with Crippen LogP contribution in [0.25, 0.3) is 0 Å². The fourth-order valence-electron chi connectivity index (χ4n) is 1.72. The molecule has 0 unspecified atom stereocenters. The smallest absolute Gasteiger partial charge is 0.261 e. The van der Waals surface area contributed by atoms with E-state index in [2.05, 4.69) is 4.72 Å². The summed E-state index contributed by atoms with van der Waals surface area (Å²) >= 11 is 11.6. The highest BCUT2D eigenvalue weighted by Gasteiger charge is 2.17. The Hall–Kier alpha value is -1.43. The Balaban J connectivity index is 2.44. The summed E-state index contributed by atoms with van der Waals surface area (Å²) in [5, 5.41) is 11.3. The Kier molecular flexibility index (Phi) is 4.37. The maximum absolute atomic E-state index is 12.3. The van der Waals surface area contributed by atoms with Crippen molar-refractivity contribution in [2.75, 3.05) is 4.72 Å². The lowest BCUT2D eigenvalue weighted by Gasteiger charge is -2.18. The summed E-state index contributed by atoms with van der Waals surface area (Å²) in [4.78, 5) is 0.117. The molecule has 4 nitrogen and oxygen atoms in total. The molecule has 0 spiro atoms. The molecule has 0 radical (unpaired) electrons. The van der Waals surface area contributed by atoms with E-state index in [-0.39, 0.29) is 20.6 Å². The highest BCUT2D eigenvalue weighted by atomic mass is 35.5. The van der Waals surface area contributed by atoms with Crippen LogP contribution in [0.15, 0.2) is 35.2 Å². The number of hydrogen-bond donors (Lipinski definition) is 1. The predicted molar refractivity (Wildman–Crippen MR) is 82.6 cm³/mol. The molecule has 7 heteroatoms. The standard InChI is InChI=1S/C14H13Cl2NO3S/c1-8-3-5-10(6-4-8)21(19,20)17-12-7-11(15)14(18)13(16)9(12)2/h3-7,17-18H,1-2H3/p-1. The Morgan fingerprint density at radius 1 is 1.10 bits per heavy atom. The monoisotopic (exact) mass is 344 g/mol. The van der Waals surface area contributed by atoms with Crippen molar-refractivity contribution in [2.45, 2.75) is 18.7 Å². The summed E-state index contributed by atoms with van der Waals surface area (Å²) in [5.41, 5.74) is 1.47. The van der Waals surface area contributed by atoms with Gasteiger partial charge in [-0.1, -0.05) is 46.6 Å². The van der Waals surface area contributed by atoms with Gasteiger partial charge in [-0.05, 0) is 37.6 Å². The second-order valence-corrected chi connectivity index (χ2v) is 7.06. The first-order valence-corrected chi connectivity index (χ1v) is 8.21. The number of aryl methyl sites for hydroxylation is 1. The van der Waals surface area contributed by atoms with Gasteiger partial charge in [-0.25, -0.2) is 8.42 Å². The van der Waals surface area contributed by atoms with Gasteiger partial charge in [0.1, 0.15) is 0 Å². The van der Waals surface area contributed by atoms with E-state index in [9.17, 15) is 13.5 Å². The molecule has 0 aliphatic rings. The van der Waals surface area contributed by atoms with Crippen LogP contribution in [0.5, 0.6) is 5.75 Å². The van der Waals surface area contributed by atoms with Gasteiger partial charge in [0.05, 0.1) is 10.6 Å². The van der Waals surface area contributed by atoms with E-state index in [1.165, 1.54) is 18.2 Å². The summed E-state index contributed by atoms with van der Waals surface area (Å²) in [6.45, 7) is 3.41. The van der Waals surface area contributed by atoms with Crippen LogP contribution in [-0.2, 0) is 10.0 Å². The highest BCUT2D eigenvalue weighted by molar-refractivity contribution is 7.92. The van der Waals surface area contributed by atoms with Crippen LogP contribution in [0.2, 0.25) is 10.0 Å². The fraction of sp³-hybridized carbons (Fsp3) is 0.143. The van der Waals surface area contributed by atoms with Crippen LogP contribution in [0.1, 0.15) is 11.1 Å². The number of hydrogen-bond acceptors (Lipinski definition) is 3. The lowest BCUT2D eigenvalue weighted by molar-refractivity contribution is -0.268. The molecule has 0 aliphatic heterocycles. The first kappa shape index (κ1) is 15.9. The van der Waals surface area contributed by atoms with Crippen molar-refractivity contribution in [3.05, 3.63) is 51.5 Å². The quantitative estimate of drug-likeness (QED) is 0.926. The number of benzene rings is 2. The molecule has 0 fully saturated rings. The van der Waals surface area contributed by atoms with Gasteiger partial charge in [0.15, 0.2) is 0 Å². The summed E-state index contributed by atoms with van der Waals surface area (Å²) in [7, 11) is -3.77.